The van der Waals surface area contributed by atoms with Gasteiger partial charge in [0.2, 0.25) is 12.1 Å². The Balaban J connectivity index is 1.56. The molecule has 7 nitrogen and oxygen atoms in total. The zero-order chi connectivity index (χ0) is 26.4. The number of amides is 2. The number of nitrogens with one attached hydrogen (secondary N) is 1. The van der Waals surface area contributed by atoms with E-state index in [0.717, 1.165) is 11.1 Å². The first-order valence-electron chi connectivity index (χ1n) is 11.8. The van der Waals surface area contributed by atoms with Gasteiger partial charge in [-0.3, -0.25) is 9.59 Å². The Labute approximate surface area is 221 Å². The fourth-order valence-electron chi connectivity index (χ4n) is 4.11. The summed E-state index contributed by atoms with van der Waals surface area (Å²) < 4.78 is 5.60. The maximum Gasteiger partial charge on any atom is 0.272 e. The fraction of sp³-hybridized carbons (Fsp3) is 0.207. The van der Waals surface area contributed by atoms with Crippen LogP contribution in [0.2, 0.25) is 5.02 Å². The van der Waals surface area contributed by atoms with Crippen LogP contribution in [0.4, 0.5) is 5.69 Å². The summed E-state index contributed by atoms with van der Waals surface area (Å²) in [7, 11) is 1.62. The first kappa shape index (κ1) is 26.3. The lowest BCUT2D eigenvalue weighted by molar-refractivity contribution is -0.132. The number of aliphatic imine (C=N–C) groups is 1. The van der Waals surface area contributed by atoms with E-state index in [1.807, 2.05) is 60.7 Å². The maximum atomic E-state index is 13.4. The van der Waals surface area contributed by atoms with Crippen LogP contribution < -0.4 is 10.2 Å². The average molecular weight is 518 g/mol. The van der Waals surface area contributed by atoms with Gasteiger partial charge in [0.1, 0.15) is 0 Å². The standard InChI is InChI=1S/C29H28ClN3O4/c1-3-22(25(34)18-37-17-19-10-6-4-7-11-19)28(35)32-27-29(36)33(2)24-15-14-21(30)16-23(24)26(31-27)20-12-8-5-9-13-20/h3-16,22,25,27,34H,1,17-18H2,2H3,(H,32,35)/t22-,25+,27?/m1/s1. The smallest absolute Gasteiger partial charge is 0.272 e. The monoisotopic (exact) mass is 517 g/mol. The Kier molecular flexibility index (Phi) is 8.50. The molecule has 3 aromatic carbocycles. The minimum atomic E-state index is -1.22. The van der Waals surface area contributed by atoms with Crippen molar-refractivity contribution >= 4 is 34.8 Å². The number of hydrogen-bond acceptors (Lipinski definition) is 5. The van der Waals surface area contributed by atoms with E-state index in [9.17, 15) is 14.7 Å². The third-order valence-corrected chi connectivity index (χ3v) is 6.33. The third kappa shape index (κ3) is 6.14. The van der Waals surface area contributed by atoms with Crippen LogP contribution in [-0.4, -0.2) is 48.6 Å². The average Bonchev–Trinajstić information content (AvgIpc) is 3.00. The van der Waals surface area contributed by atoms with E-state index in [0.29, 0.717) is 28.6 Å². The van der Waals surface area contributed by atoms with Gasteiger partial charge in [-0.25, -0.2) is 4.99 Å². The number of carbonyl (C=O) groups is 2. The van der Waals surface area contributed by atoms with Crippen LogP contribution in [0.25, 0.3) is 0 Å². The Morgan fingerprint density at radius 1 is 1.16 bits per heavy atom. The van der Waals surface area contributed by atoms with Crippen molar-refractivity contribution in [2.24, 2.45) is 10.9 Å². The number of aliphatic hydroxyl groups excluding tert-OH is 1. The number of aliphatic hydroxyl groups is 1. The van der Waals surface area contributed by atoms with Crippen LogP contribution in [0.3, 0.4) is 0 Å². The number of nitrogens with zero attached hydrogens (tertiary/aromatic N) is 2. The molecule has 3 aromatic rings. The molecule has 1 aliphatic heterocycles. The van der Waals surface area contributed by atoms with E-state index in [1.54, 1.807) is 25.2 Å². The number of carbonyl (C=O) groups excluding carboxylic acids is 2. The topological polar surface area (TPSA) is 91.2 Å². The molecule has 3 atom stereocenters. The van der Waals surface area contributed by atoms with Gasteiger partial charge in [-0.1, -0.05) is 78.3 Å². The van der Waals surface area contributed by atoms with Crippen LogP contribution in [0, 0.1) is 5.92 Å². The van der Waals surface area contributed by atoms with Gasteiger partial charge < -0.3 is 20.1 Å². The maximum absolute atomic E-state index is 13.4. The van der Waals surface area contributed by atoms with Crippen molar-refractivity contribution in [2.75, 3.05) is 18.6 Å². The summed E-state index contributed by atoms with van der Waals surface area (Å²) in [5.74, 6) is -2.03. The molecule has 0 spiro atoms. The van der Waals surface area contributed by atoms with Gasteiger partial charge in [-0.15, -0.1) is 6.58 Å². The van der Waals surface area contributed by atoms with Crippen LogP contribution in [-0.2, 0) is 20.9 Å². The third-order valence-electron chi connectivity index (χ3n) is 6.10. The summed E-state index contributed by atoms with van der Waals surface area (Å²) in [5, 5.41) is 13.8. The van der Waals surface area contributed by atoms with Crippen molar-refractivity contribution in [3.8, 4) is 0 Å². The second-order valence-electron chi connectivity index (χ2n) is 8.64. The van der Waals surface area contributed by atoms with Gasteiger partial charge >= 0.3 is 0 Å². The van der Waals surface area contributed by atoms with E-state index in [1.165, 1.54) is 11.0 Å². The SMILES string of the molecule is C=C[C@@H](C(=O)NC1N=C(c2ccccc2)c2cc(Cl)ccc2N(C)C1=O)[C@@H](O)COCc1ccccc1. The van der Waals surface area contributed by atoms with E-state index in [4.69, 9.17) is 16.3 Å². The molecule has 190 valence electrons. The molecule has 1 aliphatic rings. The number of ether oxygens (including phenoxy) is 1. The number of anilines is 1. The lowest BCUT2D eigenvalue weighted by Gasteiger charge is -2.24. The molecule has 1 unspecified atom stereocenters. The molecule has 2 N–H and O–H groups in total. The number of likely N-dealkylation sites (N-methyl/N-ethyl adjacent to an activating group) is 1. The molecule has 37 heavy (non-hydrogen) atoms. The van der Waals surface area contributed by atoms with Gasteiger partial charge in [0.15, 0.2) is 0 Å². The van der Waals surface area contributed by atoms with Crippen molar-refractivity contribution in [3.63, 3.8) is 0 Å². The summed E-state index contributed by atoms with van der Waals surface area (Å²) in [5.41, 5.74) is 3.51. The Bertz CT molecular complexity index is 1300. The van der Waals surface area contributed by atoms with E-state index in [-0.39, 0.29) is 6.61 Å². The lowest BCUT2D eigenvalue weighted by Crippen LogP contribution is -2.49. The highest BCUT2D eigenvalue weighted by Crippen LogP contribution is 2.30. The Morgan fingerprint density at radius 2 is 1.84 bits per heavy atom. The summed E-state index contributed by atoms with van der Waals surface area (Å²) in [6.45, 7) is 3.91. The zero-order valence-electron chi connectivity index (χ0n) is 20.4. The molecule has 0 aliphatic carbocycles. The van der Waals surface area contributed by atoms with Crippen molar-refractivity contribution in [1.82, 2.24) is 5.32 Å². The van der Waals surface area contributed by atoms with Crippen LogP contribution >= 0.6 is 11.6 Å². The van der Waals surface area contributed by atoms with Crippen LogP contribution in [0.5, 0.6) is 0 Å². The molecule has 0 saturated carbocycles. The van der Waals surface area contributed by atoms with E-state index in [2.05, 4.69) is 16.9 Å². The number of rotatable bonds is 9. The van der Waals surface area contributed by atoms with Gasteiger partial charge in [0.25, 0.3) is 5.91 Å². The summed E-state index contributed by atoms with van der Waals surface area (Å²) in [6.07, 6.45) is -1.04. The van der Waals surface area contributed by atoms with Gasteiger partial charge in [-0.05, 0) is 23.8 Å². The zero-order valence-corrected chi connectivity index (χ0v) is 21.1. The highest BCUT2D eigenvalue weighted by Gasteiger charge is 2.34. The molecule has 0 aromatic heterocycles. The van der Waals surface area contributed by atoms with E-state index >= 15 is 0 Å². The number of benzodiazepines with no additional fused rings is 1. The summed E-state index contributed by atoms with van der Waals surface area (Å²) >= 11 is 6.28. The normalized spacial score (nSPS) is 16.7. The van der Waals surface area contributed by atoms with Crippen molar-refractivity contribution in [2.45, 2.75) is 18.9 Å². The molecule has 1 heterocycles. The minimum absolute atomic E-state index is 0.0833. The summed E-state index contributed by atoms with van der Waals surface area (Å²) in [6, 6.07) is 24.1. The number of halogens is 1. The predicted molar refractivity (Wildman–Crippen MR) is 145 cm³/mol. The largest absolute Gasteiger partial charge is 0.390 e. The van der Waals surface area contributed by atoms with Crippen molar-refractivity contribution in [1.29, 1.82) is 0 Å². The number of hydrogen-bond donors (Lipinski definition) is 2. The van der Waals surface area contributed by atoms with Crippen molar-refractivity contribution < 1.29 is 19.4 Å². The second-order valence-corrected chi connectivity index (χ2v) is 9.08. The van der Waals surface area contributed by atoms with Crippen LogP contribution in [0.1, 0.15) is 16.7 Å². The minimum Gasteiger partial charge on any atom is -0.390 e. The van der Waals surface area contributed by atoms with Crippen molar-refractivity contribution in [3.05, 3.63) is 113 Å². The first-order valence-corrected chi connectivity index (χ1v) is 12.2. The number of fused-ring (bicyclic) bond motifs is 1. The molecule has 8 heteroatoms. The van der Waals surface area contributed by atoms with E-state index < -0.39 is 30.0 Å². The Morgan fingerprint density at radius 3 is 2.51 bits per heavy atom. The Hall–Kier alpha value is -3.78. The molecule has 4 rings (SSSR count). The van der Waals surface area contributed by atoms with Gasteiger partial charge in [-0.2, -0.15) is 0 Å². The quantitative estimate of drug-likeness (QED) is 0.420. The number of benzene rings is 3. The molecule has 2 amide bonds. The predicted octanol–water partition coefficient (Wildman–Crippen LogP) is 3.98. The van der Waals surface area contributed by atoms with Gasteiger partial charge in [0.05, 0.1) is 36.6 Å². The van der Waals surface area contributed by atoms with Gasteiger partial charge in [0, 0.05) is 23.2 Å². The second kappa shape index (κ2) is 12.0. The highest BCUT2D eigenvalue weighted by atomic mass is 35.5. The highest BCUT2D eigenvalue weighted by molar-refractivity contribution is 6.32. The fourth-order valence-corrected chi connectivity index (χ4v) is 4.28. The molecule has 0 bridgehead atoms. The molecule has 0 radical (unpaired) electrons. The molecular formula is C29H28ClN3O4. The summed E-state index contributed by atoms with van der Waals surface area (Å²) in [4.78, 5) is 32.7. The van der Waals surface area contributed by atoms with Crippen LogP contribution in [0.15, 0.2) is 96.5 Å². The lowest BCUT2D eigenvalue weighted by atomic mass is 10.0. The molecule has 0 fully saturated rings. The first-order chi connectivity index (χ1) is 17.9. The molecule has 0 saturated heterocycles. The molecular weight excluding hydrogens is 490 g/mol.